The van der Waals surface area contributed by atoms with E-state index >= 15 is 0 Å². The van der Waals surface area contributed by atoms with Crippen molar-refractivity contribution in [3.8, 4) is 0 Å². The van der Waals surface area contributed by atoms with Gasteiger partial charge in [0.25, 0.3) is 0 Å². The first-order chi connectivity index (χ1) is 8.52. The molecule has 0 aliphatic heterocycles. The van der Waals surface area contributed by atoms with Gasteiger partial charge in [0.1, 0.15) is 0 Å². The van der Waals surface area contributed by atoms with E-state index in [1.807, 2.05) is 33.0 Å². The highest BCUT2D eigenvalue weighted by molar-refractivity contribution is 5.96. The first kappa shape index (κ1) is 14.9. The van der Waals surface area contributed by atoms with Crippen LogP contribution in [0.15, 0.2) is 18.2 Å². The van der Waals surface area contributed by atoms with E-state index in [0.717, 1.165) is 29.8 Å². The molecule has 0 saturated heterocycles. The molecule has 0 radical (unpaired) electrons. The maximum Gasteiger partial charge on any atom is 0.164 e. The number of likely N-dealkylation sites (N-methyl/N-ethyl adjacent to an activating group) is 1. The summed E-state index contributed by atoms with van der Waals surface area (Å²) in [5.41, 5.74) is 3.12. The average molecular weight is 249 g/mol. The van der Waals surface area contributed by atoms with Crippen LogP contribution in [0.4, 0.5) is 0 Å². The van der Waals surface area contributed by atoms with E-state index in [2.05, 4.69) is 11.0 Å². The van der Waals surface area contributed by atoms with Crippen LogP contribution in [0, 0.1) is 13.8 Å². The van der Waals surface area contributed by atoms with Gasteiger partial charge in [-0.1, -0.05) is 17.2 Å². The molecule has 0 fully saturated rings. The Kier molecular flexibility index (Phi) is 6.02. The summed E-state index contributed by atoms with van der Waals surface area (Å²) in [6.07, 6.45) is 0.559. The molecule has 0 aromatic heterocycles. The smallest absolute Gasteiger partial charge is 0.164 e. The molecule has 0 heterocycles. The molecule has 0 aliphatic carbocycles. The maximum atomic E-state index is 12.1. The van der Waals surface area contributed by atoms with Crippen molar-refractivity contribution in [1.82, 2.24) is 4.90 Å². The fourth-order valence-electron chi connectivity index (χ4n) is 1.93. The molecular weight excluding hydrogens is 226 g/mol. The summed E-state index contributed by atoms with van der Waals surface area (Å²) in [4.78, 5) is 14.2. The van der Waals surface area contributed by atoms with Crippen molar-refractivity contribution in [3.63, 3.8) is 0 Å². The van der Waals surface area contributed by atoms with E-state index in [4.69, 9.17) is 4.74 Å². The molecule has 18 heavy (non-hydrogen) atoms. The quantitative estimate of drug-likeness (QED) is 0.695. The number of benzene rings is 1. The lowest BCUT2D eigenvalue weighted by atomic mass is 10.0. The van der Waals surface area contributed by atoms with Crippen LogP contribution in [-0.4, -0.2) is 44.5 Å². The van der Waals surface area contributed by atoms with Gasteiger partial charge in [-0.2, -0.15) is 0 Å². The molecule has 0 bridgehead atoms. The third-order valence-electron chi connectivity index (χ3n) is 2.94. The van der Waals surface area contributed by atoms with Gasteiger partial charge in [0, 0.05) is 32.2 Å². The van der Waals surface area contributed by atoms with E-state index < -0.39 is 0 Å². The number of ketones is 1. The minimum absolute atomic E-state index is 0.214. The zero-order chi connectivity index (χ0) is 13.5. The second-order valence-corrected chi connectivity index (χ2v) is 4.85. The Bertz CT molecular complexity index is 381. The van der Waals surface area contributed by atoms with E-state index in [9.17, 15) is 4.79 Å². The molecule has 0 amide bonds. The predicted octanol–water partition coefficient (Wildman–Crippen LogP) is 2.45. The molecule has 0 spiro atoms. The second kappa shape index (κ2) is 7.29. The Labute approximate surface area is 110 Å². The second-order valence-electron chi connectivity index (χ2n) is 4.85. The van der Waals surface area contributed by atoms with Gasteiger partial charge in [-0.05, 0) is 33.0 Å². The minimum Gasteiger partial charge on any atom is -0.383 e. The number of carbonyl (C=O) groups is 1. The van der Waals surface area contributed by atoms with Gasteiger partial charge in [-0.25, -0.2) is 0 Å². The van der Waals surface area contributed by atoms with Crippen LogP contribution in [0.1, 0.15) is 27.9 Å². The molecule has 3 heteroatoms. The Morgan fingerprint density at radius 1 is 1.17 bits per heavy atom. The molecular formula is C15H23NO2. The number of Topliss-reactive ketones (excluding diaryl/α,β-unsaturated/α-hetero) is 1. The lowest BCUT2D eigenvalue weighted by Gasteiger charge is -2.15. The van der Waals surface area contributed by atoms with E-state index in [0.29, 0.717) is 13.0 Å². The van der Waals surface area contributed by atoms with Crippen molar-refractivity contribution in [3.05, 3.63) is 34.9 Å². The summed E-state index contributed by atoms with van der Waals surface area (Å²) < 4.78 is 5.01. The Balaban J connectivity index is 2.50. The van der Waals surface area contributed by atoms with Crippen LogP contribution in [0.3, 0.4) is 0 Å². The van der Waals surface area contributed by atoms with Crippen LogP contribution >= 0.6 is 0 Å². The first-order valence-electron chi connectivity index (χ1n) is 6.32. The molecule has 1 aromatic rings. The number of carbonyl (C=O) groups excluding carboxylic acids is 1. The molecule has 100 valence electrons. The average Bonchev–Trinajstić information content (AvgIpc) is 2.32. The monoisotopic (exact) mass is 249 g/mol. The highest BCUT2D eigenvalue weighted by Gasteiger charge is 2.08. The van der Waals surface area contributed by atoms with Crippen LogP contribution in [-0.2, 0) is 4.74 Å². The fourth-order valence-corrected chi connectivity index (χ4v) is 1.93. The van der Waals surface area contributed by atoms with Crippen LogP contribution in [0.2, 0.25) is 0 Å². The minimum atomic E-state index is 0.214. The van der Waals surface area contributed by atoms with Crippen molar-refractivity contribution in [2.75, 3.05) is 33.9 Å². The van der Waals surface area contributed by atoms with Gasteiger partial charge in [0.15, 0.2) is 5.78 Å². The zero-order valence-corrected chi connectivity index (χ0v) is 11.8. The summed E-state index contributed by atoms with van der Waals surface area (Å²) in [5, 5.41) is 0. The van der Waals surface area contributed by atoms with Gasteiger partial charge in [-0.15, -0.1) is 0 Å². The molecule has 3 nitrogen and oxygen atoms in total. The van der Waals surface area contributed by atoms with Gasteiger partial charge in [-0.3, -0.25) is 4.79 Å². The molecule has 0 atom stereocenters. The largest absolute Gasteiger partial charge is 0.383 e. The number of rotatable bonds is 7. The molecule has 1 aromatic carbocycles. The first-order valence-corrected chi connectivity index (χ1v) is 6.32. The Morgan fingerprint density at radius 3 is 2.33 bits per heavy atom. The third-order valence-corrected chi connectivity index (χ3v) is 2.94. The van der Waals surface area contributed by atoms with Crippen molar-refractivity contribution in [1.29, 1.82) is 0 Å². The number of aryl methyl sites for hydroxylation is 2. The van der Waals surface area contributed by atoms with Crippen molar-refractivity contribution >= 4 is 5.78 Å². The van der Waals surface area contributed by atoms with Gasteiger partial charge >= 0.3 is 0 Å². The highest BCUT2D eigenvalue weighted by Crippen LogP contribution is 2.11. The predicted molar refractivity (Wildman–Crippen MR) is 74.2 cm³/mol. The zero-order valence-electron chi connectivity index (χ0n) is 11.8. The lowest BCUT2D eigenvalue weighted by molar-refractivity contribution is 0.0959. The number of ether oxygens (including phenoxy) is 1. The summed E-state index contributed by atoms with van der Waals surface area (Å²) in [6, 6.07) is 6.01. The van der Waals surface area contributed by atoms with Crippen molar-refractivity contribution in [2.45, 2.75) is 20.3 Å². The Hall–Kier alpha value is -1.19. The summed E-state index contributed by atoms with van der Waals surface area (Å²) in [6.45, 7) is 6.38. The van der Waals surface area contributed by atoms with Gasteiger partial charge in [0.2, 0.25) is 0 Å². The summed E-state index contributed by atoms with van der Waals surface area (Å²) >= 11 is 0. The van der Waals surface area contributed by atoms with Crippen LogP contribution in [0.25, 0.3) is 0 Å². The summed E-state index contributed by atoms with van der Waals surface area (Å²) in [7, 11) is 3.70. The third kappa shape index (κ3) is 4.98. The topological polar surface area (TPSA) is 29.5 Å². The highest BCUT2D eigenvalue weighted by atomic mass is 16.5. The van der Waals surface area contributed by atoms with Gasteiger partial charge < -0.3 is 9.64 Å². The Morgan fingerprint density at radius 2 is 1.78 bits per heavy atom. The van der Waals surface area contributed by atoms with Gasteiger partial charge in [0.05, 0.1) is 6.61 Å². The van der Waals surface area contributed by atoms with E-state index in [1.54, 1.807) is 7.11 Å². The number of hydrogen-bond donors (Lipinski definition) is 0. The van der Waals surface area contributed by atoms with Crippen LogP contribution < -0.4 is 0 Å². The normalized spacial score (nSPS) is 10.9. The number of methoxy groups -OCH3 is 1. The standard InChI is InChI=1S/C15H23NO2/c1-12-9-13(2)11-14(10-12)15(17)5-6-16(3)7-8-18-4/h9-11H,5-8H2,1-4H3. The van der Waals surface area contributed by atoms with Crippen molar-refractivity contribution < 1.29 is 9.53 Å². The fraction of sp³-hybridized carbons (Fsp3) is 0.533. The number of nitrogens with zero attached hydrogens (tertiary/aromatic N) is 1. The number of hydrogen-bond acceptors (Lipinski definition) is 3. The molecule has 1 rings (SSSR count). The maximum absolute atomic E-state index is 12.1. The van der Waals surface area contributed by atoms with E-state index in [1.165, 1.54) is 0 Å². The molecule has 0 saturated carbocycles. The lowest BCUT2D eigenvalue weighted by Crippen LogP contribution is -2.25. The SMILES string of the molecule is COCCN(C)CCC(=O)c1cc(C)cc(C)c1. The molecule has 0 aliphatic rings. The van der Waals surface area contributed by atoms with Crippen molar-refractivity contribution in [2.24, 2.45) is 0 Å². The summed E-state index contributed by atoms with van der Waals surface area (Å²) in [5.74, 6) is 0.214. The van der Waals surface area contributed by atoms with Crippen LogP contribution in [0.5, 0.6) is 0 Å². The van der Waals surface area contributed by atoms with E-state index in [-0.39, 0.29) is 5.78 Å². The molecule has 0 unspecified atom stereocenters. The molecule has 0 N–H and O–H groups in total.